The minimum absolute atomic E-state index is 0.00343. The van der Waals surface area contributed by atoms with E-state index in [1.54, 1.807) is 36.4 Å². The van der Waals surface area contributed by atoms with Crippen LogP contribution in [0.1, 0.15) is 15.9 Å². The van der Waals surface area contributed by atoms with Crippen molar-refractivity contribution in [2.75, 3.05) is 25.0 Å². The van der Waals surface area contributed by atoms with Crippen molar-refractivity contribution in [2.24, 2.45) is 0 Å². The summed E-state index contributed by atoms with van der Waals surface area (Å²) in [7, 11) is 0. The van der Waals surface area contributed by atoms with E-state index in [0.29, 0.717) is 23.4 Å². The first-order valence-electron chi connectivity index (χ1n) is 8.63. The van der Waals surface area contributed by atoms with E-state index in [-0.39, 0.29) is 25.2 Å². The minimum Gasteiger partial charge on any atom is -0.383 e. The van der Waals surface area contributed by atoms with Gasteiger partial charge >= 0.3 is 0 Å². The third kappa shape index (κ3) is 4.32. The van der Waals surface area contributed by atoms with Crippen molar-refractivity contribution < 1.29 is 19.3 Å². The first-order valence-corrected chi connectivity index (χ1v) is 8.63. The number of hydrogen-bond acceptors (Lipinski definition) is 6. The molecule has 144 valence electrons. The molecule has 2 N–H and O–H groups in total. The summed E-state index contributed by atoms with van der Waals surface area (Å²) in [5, 5.41) is 16.3. The van der Waals surface area contributed by atoms with Gasteiger partial charge in [-0.15, -0.1) is 0 Å². The fourth-order valence-corrected chi connectivity index (χ4v) is 2.87. The molecular formula is C19H18N4O5. The van der Waals surface area contributed by atoms with Crippen molar-refractivity contribution in [3.63, 3.8) is 0 Å². The maximum atomic E-state index is 12.4. The van der Waals surface area contributed by atoms with Crippen molar-refractivity contribution in [2.45, 2.75) is 6.42 Å². The largest absolute Gasteiger partial charge is 0.383 e. The molecule has 0 radical (unpaired) electrons. The molecule has 0 bridgehead atoms. The van der Waals surface area contributed by atoms with Gasteiger partial charge in [-0.1, -0.05) is 18.2 Å². The molecule has 0 unspecified atom stereocenters. The number of amides is 3. The average Bonchev–Trinajstić information content (AvgIpc) is 2.69. The summed E-state index contributed by atoms with van der Waals surface area (Å²) in [5.41, 5.74) is 1.78. The van der Waals surface area contributed by atoms with Crippen molar-refractivity contribution in [3.05, 3.63) is 69.8 Å². The van der Waals surface area contributed by atoms with Gasteiger partial charge in [0.25, 0.3) is 11.6 Å². The molecule has 28 heavy (non-hydrogen) atoms. The summed E-state index contributed by atoms with van der Waals surface area (Å²) in [6.07, 6.45) is 0.0941. The highest BCUT2D eigenvalue weighted by atomic mass is 16.6. The smallest absolute Gasteiger partial charge is 0.269 e. The molecule has 3 rings (SSSR count). The Labute approximate surface area is 160 Å². The van der Waals surface area contributed by atoms with Gasteiger partial charge in [-0.05, 0) is 23.8 Å². The quantitative estimate of drug-likeness (QED) is 0.323. The van der Waals surface area contributed by atoms with Crippen LogP contribution in [0.2, 0.25) is 0 Å². The number of fused-ring (bicyclic) bond motifs is 1. The van der Waals surface area contributed by atoms with Crippen molar-refractivity contribution in [3.8, 4) is 0 Å². The molecule has 0 saturated heterocycles. The number of non-ortho nitro benzene ring substituents is 1. The number of rotatable bonds is 7. The molecule has 0 aromatic heterocycles. The van der Waals surface area contributed by atoms with Crippen LogP contribution < -0.4 is 10.6 Å². The molecule has 9 heteroatoms. The number of nitrogens with one attached hydrogen (secondary N) is 2. The summed E-state index contributed by atoms with van der Waals surface area (Å²) in [6.45, 7) is 0.320. The van der Waals surface area contributed by atoms with Gasteiger partial charge in [0.2, 0.25) is 11.8 Å². The Kier molecular flexibility index (Phi) is 5.64. The third-order valence-corrected chi connectivity index (χ3v) is 4.29. The summed E-state index contributed by atoms with van der Waals surface area (Å²) in [5.74, 6) is -1.31. The van der Waals surface area contributed by atoms with Crippen molar-refractivity contribution >= 4 is 29.1 Å². The van der Waals surface area contributed by atoms with E-state index in [1.807, 2.05) is 0 Å². The molecule has 0 aliphatic carbocycles. The molecule has 0 saturated carbocycles. The molecule has 3 amide bonds. The lowest BCUT2D eigenvalue weighted by atomic mass is 9.98. The Bertz CT molecular complexity index is 926. The van der Waals surface area contributed by atoms with E-state index < -0.39 is 22.6 Å². The van der Waals surface area contributed by atoms with E-state index >= 15 is 0 Å². The number of anilines is 1. The van der Waals surface area contributed by atoms with Gasteiger partial charge in [0.05, 0.1) is 11.3 Å². The number of nitrogens with zero attached hydrogens (tertiary/aromatic N) is 2. The topological polar surface area (TPSA) is 122 Å². The highest BCUT2D eigenvalue weighted by molar-refractivity contribution is 6.11. The standard InChI is InChI=1S/C19H18N4O5/c24-17(21-10-9-20-14-5-7-15(8-6-14)23(27)28)12-22-18(25)11-13-3-1-2-4-16(13)19(22)26/h1-8,20H,9-12H2,(H,21,24). The zero-order chi connectivity index (χ0) is 20.1. The number of carbonyl (C=O) groups is 3. The molecular weight excluding hydrogens is 364 g/mol. The normalized spacial score (nSPS) is 13.1. The van der Waals surface area contributed by atoms with Crippen LogP contribution >= 0.6 is 0 Å². The van der Waals surface area contributed by atoms with Gasteiger partial charge < -0.3 is 10.6 Å². The Morgan fingerprint density at radius 1 is 1.07 bits per heavy atom. The number of nitro groups is 1. The van der Waals surface area contributed by atoms with Crippen LogP contribution in [0, 0.1) is 10.1 Å². The number of nitro benzene ring substituents is 1. The van der Waals surface area contributed by atoms with Crippen molar-refractivity contribution in [1.82, 2.24) is 10.2 Å². The van der Waals surface area contributed by atoms with Crippen LogP contribution in [0.5, 0.6) is 0 Å². The average molecular weight is 382 g/mol. The number of benzene rings is 2. The van der Waals surface area contributed by atoms with E-state index in [1.165, 1.54) is 12.1 Å². The van der Waals surface area contributed by atoms with Gasteiger partial charge in [0.1, 0.15) is 6.54 Å². The van der Waals surface area contributed by atoms with Gasteiger partial charge in [-0.3, -0.25) is 29.4 Å². The number of carbonyl (C=O) groups excluding carboxylic acids is 3. The van der Waals surface area contributed by atoms with Gasteiger partial charge in [0, 0.05) is 36.5 Å². The minimum atomic E-state index is -0.481. The second-order valence-corrected chi connectivity index (χ2v) is 6.20. The van der Waals surface area contributed by atoms with Crippen molar-refractivity contribution in [1.29, 1.82) is 0 Å². The highest BCUT2D eigenvalue weighted by Gasteiger charge is 2.31. The molecule has 1 aliphatic heterocycles. The van der Waals surface area contributed by atoms with Crippen LogP contribution in [0.15, 0.2) is 48.5 Å². The Hall–Kier alpha value is -3.75. The first kappa shape index (κ1) is 19.0. The Balaban J connectivity index is 1.46. The van der Waals surface area contributed by atoms with E-state index in [4.69, 9.17) is 0 Å². The Morgan fingerprint density at radius 3 is 2.50 bits per heavy atom. The molecule has 1 heterocycles. The summed E-state index contributed by atoms with van der Waals surface area (Å²) < 4.78 is 0. The Morgan fingerprint density at radius 2 is 1.79 bits per heavy atom. The van der Waals surface area contributed by atoms with E-state index in [2.05, 4.69) is 10.6 Å². The van der Waals surface area contributed by atoms with Gasteiger partial charge in [0.15, 0.2) is 0 Å². The number of hydrogen-bond donors (Lipinski definition) is 2. The lowest BCUT2D eigenvalue weighted by Crippen LogP contribution is -2.48. The van der Waals surface area contributed by atoms with Gasteiger partial charge in [-0.2, -0.15) is 0 Å². The van der Waals surface area contributed by atoms with Gasteiger partial charge in [-0.25, -0.2) is 0 Å². The fraction of sp³-hybridized carbons (Fsp3) is 0.211. The zero-order valence-corrected chi connectivity index (χ0v) is 14.9. The maximum absolute atomic E-state index is 12.4. The zero-order valence-electron chi connectivity index (χ0n) is 14.9. The van der Waals surface area contributed by atoms with Crippen LogP contribution in [-0.2, 0) is 16.0 Å². The molecule has 9 nitrogen and oxygen atoms in total. The van der Waals surface area contributed by atoms with Crippen LogP contribution in [-0.4, -0.2) is 47.2 Å². The molecule has 2 aromatic carbocycles. The molecule has 0 atom stereocenters. The summed E-state index contributed by atoms with van der Waals surface area (Å²) >= 11 is 0. The predicted octanol–water partition coefficient (Wildman–Crippen LogP) is 1.35. The highest BCUT2D eigenvalue weighted by Crippen LogP contribution is 2.19. The number of imide groups is 1. The van der Waals surface area contributed by atoms with E-state index in [0.717, 1.165) is 4.90 Å². The second-order valence-electron chi connectivity index (χ2n) is 6.20. The SMILES string of the molecule is O=C(CN1C(=O)Cc2ccccc2C1=O)NCCNc1ccc([N+](=O)[O-])cc1. The molecule has 1 aliphatic rings. The lowest BCUT2D eigenvalue weighted by Gasteiger charge is -2.26. The van der Waals surface area contributed by atoms with Crippen LogP contribution in [0.4, 0.5) is 11.4 Å². The predicted molar refractivity (Wildman–Crippen MR) is 101 cm³/mol. The maximum Gasteiger partial charge on any atom is 0.269 e. The van der Waals surface area contributed by atoms with Crippen LogP contribution in [0.25, 0.3) is 0 Å². The first-order chi connectivity index (χ1) is 13.5. The molecule has 0 spiro atoms. The summed E-state index contributed by atoms with van der Waals surface area (Å²) in [6, 6.07) is 12.8. The molecule has 0 fully saturated rings. The monoisotopic (exact) mass is 382 g/mol. The van der Waals surface area contributed by atoms with Crippen LogP contribution in [0.3, 0.4) is 0 Å². The fourth-order valence-electron chi connectivity index (χ4n) is 2.87. The van der Waals surface area contributed by atoms with E-state index in [9.17, 15) is 24.5 Å². The third-order valence-electron chi connectivity index (χ3n) is 4.29. The second kappa shape index (κ2) is 8.30. The molecule has 2 aromatic rings. The summed E-state index contributed by atoms with van der Waals surface area (Å²) in [4.78, 5) is 47.8. The lowest BCUT2D eigenvalue weighted by molar-refractivity contribution is -0.384.